The highest BCUT2D eigenvalue weighted by molar-refractivity contribution is 5.94. The number of hydrogen-bond donors (Lipinski definition) is 1. The van der Waals surface area contributed by atoms with Gasteiger partial charge in [0.25, 0.3) is 5.91 Å². The Morgan fingerprint density at radius 2 is 1.95 bits per heavy atom. The zero-order valence-corrected chi connectivity index (χ0v) is 10.3. The van der Waals surface area contributed by atoms with Gasteiger partial charge in [0, 0.05) is 17.7 Å². The van der Waals surface area contributed by atoms with Gasteiger partial charge in [-0.3, -0.25) is 4.79 Å². The molecular formula is C13H11F3N2O2. The van der Waals surface area contributed by atoms with Crippen LogP contribution in [0.3, 0.4) is 0 Å². The van der Waals surface area contributed by atoms with Crippen molar-refractivity contribution in [3.8, 4) is 11.3 Å². The fourth-order valence-electron chi connectivity index (χ4n) is 1.57. The molecule has 1 N–H and O–H groups in total. The highest BCUT2D eigenvalue weighted by Gasteiger charge is 2.26. The Kier molecular flexibility index (Phi) is 4.07. The molecule has 1 amide bonds. The van der Waals surface area contributed by atoms with Crippen molar-refractivity contribution < 1.29 is 22.4 Å². The van der Waals surface area contributed by atoms with Gasteiger partial charge in [-0.05, 0) is 12.1 Å². The maximum atomic E-state index is 12.0. The van der Waals surface area contributed by atoms with Crippen LogP contribution in [-0.4, -0.2) is 23.6 Å². The average Bonchev–Trinajstić information content (AvgIpc) is 2.91. The molecule has 0 saturated carbocycles. The molecule has 1 aromatic heterocycles. The monoisotopic (exact) mass is 284 g/mol. The molecule has 106 valence electrons. The summed E-state index contributed by atoms with van der Waals surface area (Å²) >= 11 is 0. The molecule has 7 heteroatoms. The Balaban J connectivity index is 1.94. The van der Waals surface area contributed by atoms with E-state index in [2.05, 4.69) is 10.3 Å². The van der Waals surface area contributed by atoms with Crippen LogP contribution >= 0.6 is 0 Å². The largest absolute Gasteiger partial charge is 0.451 e. The number of benzene rings is 1. The van der Waals surface area contributed by atoms with Gasteiger partial charge in [0.15, 0.2) is 6.39 Å². The minimum Gasteiger partial charge on any atom is -0.451 e. The fourth-order valence-corrected chi connectivity index (χ4v) is 1.57. The Morgan fingerprint density at radius 1 is 1.25 bits per heavy atom. The van der Waals surface area contributed by atoms with Crippen LogP contribution in [0.4, 0.5) is 13.2 Å². The number of carbonyl (C=O) groups excluding carboxylic acids is 1. The smallest absolute Gasteiger partial charge is 0.390 e. The second-order valence-corrected chi connectivity index (χ2v) is 4.07. The topological polar surface area (TPSA) is 55.1 Å². The molecule has 0 radical (unpaired) electrons. The van der Waals surface area contributed by atoms with Gasteiger partial charge in [0.05, 0.1) is 6.42 Å². The van der Waals surface area contributed by atoms with Gasteiger partial charge in [-0.15, -0.1) is 0 Å². The lowest BCUT2D eigenvalue weighted by atomic mass is 10.1. The van der Waals surface area contributed by atoms with Gasteiger partial charge < -0.3 is 9.73 Å². The number of alkyl halides is 3. The van der Waals surface area contributed by atoms with Crippen molar-refractivity contribution in [1.82, 2.24) is 10.3 Å². The molecule has 0 saturated heterocycles. The molecule has 0 fully saturated rings. The molecule has 1 aromatic carbocycles. The number of amides is 1. The van der Waals surface area contributed by atoms with Gasteiger partial charge in [0.1, 0.15) is 12.0 Å². The molecule has 0 spiro atoms. The van der Waals surface area contributed by atoms with Crippen LogP contribution in [0.15, 0.2) is 41.3 Å². The van der Waals surface area contributed by atoms with E-state index in [1.807, 2.05) is 0 Å². The van der Waals surface area contributed by atoms with Crippen LogP contribution in [0.25, 0.3) is 11.3 Å². The number of oxazole rings is 1. The molecule has 0 bridgehead atoms. The van der Waals surface area contributed by atoms with Gasteiger partial charge in [-0.1, -0.05) is 12.1 Å². The van der Waals surface area contributed by atoms with Crippen molar-refractivity contribution in [3.63, 3.8) is 0 Å². The van der Waals surface area contributed by atoms with E-state index in [9.17, 15) is 18.0 Å². The molecule has 0 atom stereocenters. The van der Waals surface area contributed by atoms with Crippen molar-refractivity contribution in [3.05, 3.63) is 42.5 Å². The summed E-state index contributed by atoms with van der Waals surface area (Å²) in [6, 6.07) is 6.34. The second-order valence-electron chi connectivity index (χ2n) is 4.07. The predicted molar refractivity (Wildman–Crippen MR) is 64.9 cm³/mol. The van der Waals surface area contributed by atoms with Gasteiger partial charge in [-0.25, -0.2) is 4.98 Å². The summed E-state index contributed by atoms with van der Waals surface area (Å²) < 4.78 is 40.7. The van der Waals surface area contributed by atoms with Crippen molar-refractivity contribution >= 4 is 5.91 Å². The summed E-state index contributed by atoms with van der Waals surface area (Å²) in [6.07, 6.45) is -2.58. The summed E-state index contributed by atoms with van der Waals surface area (Å²) in [5.41, 5.74) is 1.67. The highest BCUT2D eigenvalue weighted by atomic mass is 19.4. The molecule has 20 heavy (non-hydrogen) atoms. The summed E-state index contributed by atoms with van der Waals surface area (Å²) in [6.45, 7) is -0.437. The first-order valence-electron chi connectivity index (χ1n) is 5.79. The van der Waals surface area contributed by atoms with E-state index < -0.39 is 25.0 Å². The van der Waals surface area contributed by atoms with Crippen molar-refractivity contribution in [2.75, 3.05) is 6.54 Å². The third kappa shape index (κ3) is 3.84. The summed E-state index contributed by atoms with van der Waals surface area (Å²) in [5.74, 6) is -0.541. The van der Waals surface area contributed by atoms with E-state index >= 15 is 0 Å². The Labute approximate surface area is 112 Å². The molecule has 0 aliphatic heterocycles. The predicted octanol–water partition coefficient (Wildman–Crippen LogP) is 3.02. The molecule has 2 aromatic rings. The number of carbonyl (C=O) groups is 1. The lowest BCUT2D eigenvalue weighted by Crippen LogP contribution is -2.27. The number of aromatic nitrogens is 1. The molecule has 2 rings (SSSR count). The number of nitrogens with one attached hydrogen (secondary N) is 1. The van der Waals surface area contributed by atoms with E-state index in [1.165, 1.54) is 24.8 Å². The third-order valence-corrected chi connectivity index (χ3v) is 2.57. The maximum absolute atomic E-state index is 12.0. The van der Waals surface area contributed by atoms with Crippen LogP contribution in [0.5, 0.6) is 0 Å². The normalized spacial score (nSPS) is 11.3. The average molecular weight is 284 g/mol. The number of hydrogen-bond acceptors (Lipinski definition) is 3. The maximum Gasteiger partial charge on any atom is 0.390 e. The molecule has 0 unspecified atom stereocenters. The van der Waals surface area contributed by atoms with Crippen LogP contribution in [0.2, 0.25) is 0 Å². The highest BCUT2D eigenvalue weighted by Crippen LogP contribution is 2.19. The van der Waals surface area contributed by atoms with E-state index in [4.69, 9.17) is 4.42 Å². The third-order valence-electron chi connectivity index (χ3n) is 2.57. The first-order valence-corrected chi connectivity index (χ1v) is 5.79. The van der Waals surface area contributed by atoms with Crippen molar-refractivity contribution in [2.24, 2.45) is 0 Å². The lowest BCUT2D eigenvalue weighted by Gasteiger charge is -2.08. The standard InChI is InChI=1S/C13H11F3N2O2/c14-13(15,16)5-6-17-12(19)10-3-1-9(2-4-10)11-7-20-8-18-11/h1-4,7-8H,5-6H2,(H,17,19). The molecular weight excluding hydrogens is 273 g/mol. The SMILES string of the molecule is O=C(NCCC(F)(F)F)c1ccc(-c2cocn2)cc1. The lowest BCUT2D eigenvalue weighted by molar-refractivity contribution is -0.132. The van der Waals surface area contributed by atoms with Crippen molar-refractivity contribution in [1.29, 1.82) is 0 Å². The first kappa shape index (κ1) is 14.1. The fraction of sp³-hybridized carbons (Fsp3) is 0.231. The van der Waals surface area contributed by atoms with Crippen LogP contribution in [0.1, 0.15) is 16.8 Å². The van der Waals surface area contributed by atoms with Gasteiger partial charge in [0.2, 0.25) is 0 Å². The summed E-state index contributed by atoms with van der Waals surface area (Å²) in [5, 5.41) is 2.22. The quantitative estimate of drug-likeness (QED) is 0.939. The Hall–Kier alpha value is -2.31. The number of halogens is 3. The number of nitrogens with zero attached hydrogens (tertiary/aromatic N) is 1. The second kappa shape index (κ2) is 5.77. The molecule has 1 heterocycles. The Morgan fingerprint density at radius 3 is 2.50 bits per heavy atom. The Bertz CT molecular complexity index is 562. The number of rotatable bonds is 4. The summed E-state index contributed by atoms with van der Waals surface area (Å²) in [7, 11) is 0. The molecule has 0 aliphatic carbocycles. The first-order chi connectivity index (χ1) is 9.46. The zero-order chi connectivity index (χ0) is 14.6. The van der Waals surface area contributed by atoms with Gasteiger partial charge >= 0.3 is 6.18 Å². The van der Waals surface area contributed by atoms with Crippen LogP contribution < -0.4 is 5.32 Å². The minimum atomic E-state index is -4.27. The van der Waals surface area contributed by atoms with E-state index in [0.717, 1.165) is 5.56 Å². The zero-order valence-electron chi connectivity index (χ0n) is 10.3. The van der Waals surface area contributed by atoms with E-state index in [-0.39, 0.29) is 0 Å². The minimum absolute atomic E-state index is 0.291. The van der Waals surface area contributed by atoms with E-state index in [0.29, 0.717) is 11.3 Å². The van der Waals surface area contributed by atoms with Crippen molar-refractivity contribution in [2.45, 2.75) is 12.6 Å². The summed E-state index contributed by atoms with van der Waals surface area (Å²) in [4.78, 5) is 15.6. The molecule has 0 aliphatic rings. The molecule has 4 nitrogen and oxygen atoms in total. The van der Waals surface area contributed by atoms with E-state index in [1.54, 1.807) is 12.1 Å². The van der Waals surface area contributed by atoms with Crippen LogP contribution in [-0.2, 0) is 0 Å². The van der Waals surface area contributed by atoms with Gasteiger partial charge in [-0.2, -0.15) is 13.2 Å². The van der Waals surface area contributed by atoms with Crippen LogP contribution in [0, 0.1) is 0 Å².